The van der Waals surface area contributed by atoms with Gasteiger partial charge in [-0.2, -0.15) is 5.10 Å². The number of aryl methyl sites for hydroxylation is 2. The van der Waals surface area contributed by atoms with Crippen LogP contribution in [-0.4, -0.2) is 20.9 Å². The molecule has 1 heterocycles. The van der Waals surface area contributed by atoms with Crippen LogP contribution in [0.2, 0.25) is 5.02 Å². The maximum atomic E-state index is 10.8. The van der Waals surface area contributed by atoms with Crippen molar-refractivity contribution in [3.8, 4) is 5.69 Å². The van der Waals surface area contributed by atoms with Crippen molar-refractivity contribution in [2.75, 3.05) is 0 Å². The average molecular weight is 265 g/mol. The maximum Gasteiger partial charge on any atom is 0.307 e. The van der Waals surface area contributed by atoms with Crippen LogP contribution in [0.5, 0.6) is 0 Å². The van der Waals surface area contributed by atoms with Gasteiger partial charge < -0.3 is 5.11 Å². The number of aromatic nitrogens is 2. The molecule has 4 nitrogen and oxygen atoms in total. The van der Waals surface area contributed by atoms with E-state index in [1.165, 1.54) is 0 Å². The van der Waals surface area contributed by atoms with Crippen molar-refractivity contribution in [2.45, 2.75) is 20.3 Å². The van der Waals surface area contributed by atoms with E-state index in [9.17, 15) is 4.79 Å². The molecule has 2 rings (SSSR count). The number of carboxylic acids is 1. The third-order valence-electron chi connectivity index (χ3n) is 2.82. The summed E-state index contributed by atoms with van der Waals surface area (Å²) in [7, 11) is 0. The summed E-state index contributed by atoms with van der Waals surface area (Å²) in [4.78, 5) is 10.8. The summed E-state index contributed by atoms with van der Waals surface area (Å²) in [6.45, 7) is 3.81. The number of rotatable bonds is 3. The lowest BCUT2D eigenvalue weighted by molar-refractivity contribution is -0.136. The van der Waals surface area contributed by atoms with Gasteiger partial charge in [0, 0.05) is 6.20 Å². The van der Waals surface area contributed by atoms with Crippen LogP contribution in [0.3, 0.4) is 0 Å². The first-order chi connectivity index (χ1) is 8.47. The fraction of sp³-hybridized carbons (Fsp3) is 0.231. The second kappa shape index (κ2) is 4.82. The second-order valence-electron chi connectivity index (χ2n) is 4.23. The van der Waals surface area contributed by atoms with Crippen molar-refractivity contribution < 1.29 is 9.90 Å². The molecule has 1 aromatic heterocycles. The summed E-state index contributed by atoms with van der Waals surface area (Å²) < 4.78 is 1.67. The van der Waals surface area contributed by atoms with Crippen molar-refractivity contribution in [1.82, 2.24) is 9.78 Å². The van der Waals surface area contributed by atoms with E-state index in [0.29, 0.717) is 5.02 Å². The van der Waals surface area contributed by atoms with Gasteiger partial charge in [-0.05, 0) is 42.7 Å². The van der Waals surface area contributed by atoms with Crippen LogP contribution in [0.15, 0.2) is 24.5 Å². The molecule has 0 aliphatic carbocycles. The number of benzene rings is 1. The van der Waals surface area contributed by atoms with Crippen molar-refractivity contribution >= 4 is 17.6 Å². The fourth-order valence-electron chi connectivity index (χ4n) is 1.97. The highest BCUT2D eigenvalue weighted by Crippen LogP contribution is 2.20. The van der Waals surface area contributed by atoms with Crippen LogP contribution >= 0.6 is 11.6 Å². The molecule has 0 spiro atoms. The molecule has 0 amide bonds. The van der Waals surface area contributed by atoms with Crippen molar-refractivity contribution in [3.05, 3.63) is 46.2 Å². The molecule has 18 heavy (non-hydrogen) atoms. The lowest BCUT2D eigenvalue weighted by Crippen LogP contribution is -2.06. The molecule has 0 bridgehead atoms. The van der Waals surface area contributed by atoms with Gasteiger partial charge in [-0.3, -0.25) is 4.79 Å². The number of nitrogens with zero attached hydrogens (tertiary/aromatic N) is 2. The van der Waals surface area contributed by atoms with E-state index in [0.717, 1.165) is 22.4 Å². The van der Waals surface area contributed by atoms with Crippen LogP contribution in [0.1, 0.15) is 16.7 Å². The van der Waals surface area contributed by atoms with Gasteiger partial charge in [-0.1, -0.05) is 11.6 Å². The van der Waals surface area contributed by atoms with Crippen LogP contribution < -0.4 is 0 Å². The summed E-state index contributed by atoms with van der Waals surface area (Å²) >= 11 is 5.83. The first-order valence-corrected chi connectivity index (χ1v) is 5.87. The summed E-state index contributed by atoms with van der Waals surface area (Å²) in [5, 5.41) is 13.6. The van der Waals surface area contributed by atoms with Gasteiger partial charge in [-0.15, -0.1) is 0 Å². The predicted octanol–water partition coefficient (Wildman–Crippen LogP) is 2.77. The van der Waals surface area contributed by atoms with Gasteiger partial charge in [0.15, 0.2) is 0 Å². The zero-order chi connectivity index (χ0) is 13.3. The lowest BCUT2D eigenvalue weighted by atomic mass is 9.99. The zero-order valence-electron chi connectivity index (χ0n) is 10.1. The van der Waals surface area contributed by atoms with Gasteiger partial charge in [0.25, 0.3) is 0 Å². The van der Waals surface area contributed by atoms with E-state index in [2.05, 4.69) is 5.10 Å². The van der Waals surface area contributed by atoms with Gasteiger partial charge in [0.05, 0.1) is 23.3 Å². The Morgan fingerprint density at radius 1 is 1.39 bits per heavy atom. The van der Waals surface area contributed by atoms with Crippen LogP contribution in [-0.2, 0) is 11.2 Å². The van der Waals surface area contributed by atoms with Crippen LogP contribution in [0.25, 0.3) is 5.69 Å². The number of carboxylic acid groups (broad SMARTS) is 1. The van der Waals surface area contributed by atoms with E-state index >= 15 is 0 Å². The quantitative estimate of drug-likeness (QED) is 0.927. The number of hydrogen-bond donors (Lipinski definition) is 1. The van der Waals surface area contributed by atoms with Crippen molar-refractivity contribution in [1.29, 1.82) is 0 Å². The number of carbonyl (C=O) groups is 1. The third kappa shape index (κ3) is 2.54. The highest BCUT2D eigenvalue weighted by molar-refractivity contribution is 6.30. The van der Waals surface area contributed by atoms with Crippen molar-refractivity contribution in [3.63, 3.8) is 0 Å². The van der Waals surface area contributed by atoms with Gasteiger partial charge in [-0.25, -0.2) is 4.68 Å². The first kappa shape index (κ1) is 12.6. The van der Waals surface area contributed by atoms with E-state index in [-0.39, 0.29) is 6.42 Å². The molecule has 1 aromatic carbocycles. The molecule has 0 fully saturated rings. The molecular weight excluding hydrogens is 252 g/mol. The van der Waals surface area contributed by atoms with Gasteiger partial charge >= 0.3 is 5.97 Å². The van der Waals surface area contributed by atoms with E-state index in [1.54, 1.807) is 17.1 Å². The molecule has 0 atom stereocenters. The zero-order valence-corrected chi connectivity index (χ0v) is 10.9. The van der Waals surface area contributed by atoms with E-state index in [4.69, 9.17) is 16.7 Å². The van der Waals surface area contributed by atoms with Crippen molar-refractivity contribution in [2.24, 2.45) is 0 Å². The normalized spacial score (nSPS) is 10.6. The van der Waals surface area contributed by atoms with Crippen LogP contribution in [0.4, 0.5) is 0 Å². The molecule has 5 heteroatoms. The van der Waals surface area contributed by atoms with E-state index in [1.807, 2.05) is 26.0 Å². The Labute approximate surface area is 110 Å². The number of aliphatic carboxylic acids is 1. The predicted molar refractivity (Wildman–Crippen MR) is 69.4 cm³/mol. The molecule has 0 saturated heterocycles. The molecule has 0 saturated carbocycles. The lowest BCUT2D eigenvalue weighted by Gasteiger charge is -2.11. The van der Waals surface area contributed by atoms with E-state index < -0.39 is 5.97 Å². The summed E-state index contributed by atoms with van der Waals surface area (Å²) in [6, 6.07) is 3.82. The Bertz CT molecular complexity index is 582. The van der Waals surface area contributed by atoms with Gasteiger partial charge in [0.1, 0.15) is 0 Å². The SMILES string of the molecule is Cc1cc(-n2cc(Cl)cn2)cc(C)c1CC(=O)O. The standard InChI is InChI=1S/C13H13ClN2O2/c1-8-3-11(16-7-10(14)6-15-16)4-9(2)12(8)5-13(17)18/h3-4,6-7H,5H2,1-2H3,(H,17,18). The molecule has 1 N–H and O–H groups in total. The first-order valence-electron chi connectivity index (χ1n) is 5.50. The molecule has 0 unspecified atom stereocenters. The van der Waals surface area contributed by atoms with Gasteiger partial charge in [0.2, 0.25) is 0 Å². The molecule has 2 aromatic rings. The second-order valence-corrected chi connectivity index (χ2v) is 4.67. The Morgan fingerprint density at radius 3 is 2.44 bits per heavy atom. The minimum Gasteiger partial charge on any atom is -0.481 e. The third-order valence-corrected chi connectivity index (χ3v) is 3.02. The fourth-order valence-corrected chi connectivity index (χ4v) is 2.11. The Kier molecular flexibility index (Phi) is 3.39. The minimum absolute atomic E-state index is 0.0395. The summed E-state index contributed by atoms with van der Waals surface area (Å²) in [5.41, 5.74) is 3.62. The molecule has 0 radical (unpaired) electrons. The monoisotopic (exact) mass is 264 g/mol. The molecule has 0 aliphatic rings. The summed E-state index contributed by atoms with van der Waals surface area (Å²) in [5.74, 6) is -0.823. The minimum atomic E-state index is -0.823. The highest BCUT2D eigenvalue weighted by atomic mass is 35.5. The summed E-state index contributed by atoms with van der Waals surface area (Å²) in [6.07, 6.45) is 3.32. The van der Waals surface area contributed by atoms with Crippen LogP contribution in [0, 0.1) is 13.8 Å². The smallest absolute Gasteiger partial charge is 0.307 e. The maximum absolute atomic E-state index is 10.8. The molecular formula is C13H13ClN2O2. The Balaban J connectivity index is 2.45. The molecule has 0 aliphatic heterocycles. The highest BCUT2D eigenvalue weighted by Gasteiger charge is 2.10. The largest absolute Gasteiger partial charge is 0.481 e. The average Bonchev–Trinajstić information content (AvgIpc) is 2.70. The number of hydrogen-bond acceptors (Lipinski definition) is 2. The number of halogens is 1. The Hall–Kier alpha value is -1.81. The Morgan fingerprint density at radius 2 is 2.00 bits per heavy atom. The molecule has 94 valence electrons. The topological polar surface area (TPSA) is 55.1 Å².